The van der Waals surface area contributed by atoms with Crippen molar-refractivity contribution in [2.24, 2.45) is 5.92 Å². The number of hydrogen-bond acceptors (Lipinski definition) is 1. The molecule has 0 aliphatic rings. The Morgan fingerprint density at radius 3 is 2.08 bits per heavy atom. The summed E-state index contributed by atoms with van der Waals surface area (Å²) in [5, 5.41) is 9.64. The molecule has 0 fully saturated rings. The van der Waals surface area contributed by atoms with Gasteiger partial charge in [0.2, 0.25) is 0 Å². The van der Waals surface area contributed by atoms with E-state index in [1.54, 1.807) is 6.08 Å². The third-order valence-corrected chi connectivity index (χ3v) is 1.70. The molecule has 0 radical (unpaired) electrons. The van der Waals surface area contributed by atoms with Crippen LogP contribution in [-0.4, -0.2) is 11.2 Å². The predicted molar refractivity (Wildman–Crippen MR) is 53.9 cm³/mol. The van der Waals surface area contributed by atoms with Crippen LogP contribution >= 0.6 is 0 Å². The number of hydrogen-bond donors (Lipinski definition) is 1. The van der Waals surface area contributed by atoms with Crippen LogP contribution in [0.3, 0.4) is 0 Å². The molecule has 0 aromatic carbocycles. The van der Waals surface area contributed by atoms with Crippen molar-refractivity contribution in [2.75, 3.05) is 0 Å². The molecule has 0 spiro atoms. The Balaban J connectivity index is 4.42. The topological polar surface area (TPSA) is 20.2 Å². The molecular weight excluding hydrogens is 148 g/mol. The number of rotatable bonds is 4. The minimum Gasteiger partial charge on any atom is -0.388 e. The molecular formula is C11H18O. The van der Waals surface area contributed by atoms with Crippen LogP contribution in [0.4, 0.5) is 0 Å². The lowest BCUT2D eigenvalue weighted by Crippen LogP contribution is -2.16. The summed E-state index contributed by atoms with van der Waals surface area (Å²) in [7, 11) is 0. The predicted octanol–water partition coefficient (Wildman–Crippen LogP) is 2.69. The van der Waals surface area contributed by atoms with E-state index in [4.69, 9.17) is 0 Å². The minimum absolute atomic E-state index is 0.0279. The molecule has 0 aromatic heterocycles. The molecule has 0 aliphatic carbocycles. The van der Waals surface area contributed by atoms with Gasteiger partial charge < -0.3 is 5.11 Å². The third-order valence-electron chi connectivity index (χ3n) is 1.70. The molecule has 0 saturated carbocycles. The van der Waals surface area contributed by atoms with Crippen LogP contribution in [0.25, 0.3) is 0 Å². The first-order chi connectivity index (χ1) is 5.49. The van der Waals surface area contributed by atoms with Gasteiger partial charge in [-0.05, 0) is 20.8 Å². The second-order valence-corrected chi connectivity index (χ2v) is 3.34. The highest BCUT2D eigenvalue weighted by Crippen LogP contribution is 2.16. The summed E-state index contributed by atoms with van der Waals surface area (Å²) < 4.78 is 0. The summed E-state index contributed by atoms with van der Waals surface area (Å²) in [5.74, 6) is -0.0279. The van der Waals surface area contributed by atoms with Gasteiger partial charge in [0, 0.05) is 5.92 Å². The zero-order valence-electron chi connectivity index (χ0n) is 8.17. The summed E-state index contributed by atoms with van der Waals surface area (Å²) in [6.45, 7) is 13.3. The van der Waals surface area contributed by atoms with Crippen molar-refractivity contribution in [3.8, 4) is 0 Å². The number of allylic oxidation sites excluding steroid dienone is 1. The lowest BCUT2D eigenvalue weighted by atomic mass is 9.94. The fourth-order valence-corrected chi connectivity index (χ4v) is 1.08. The maximum absolute atomic E-state index is 9.64. The Morgan fingerprint density at radius 1 is 1.33 bits per heavy atom. The molecule has 1 heteroatoms. The van der Waals surface area contributed by atoms with Crippen molar-refractivity contribution in [1.29, 1.82) is 0 Å². The molecule has 0 aliphatic heterocycles. The highest BCUT2D eigenvalue weighted by Gasteiger charge is 2.13. The van der Waals surface area contributed by atoms with Gasteiger partial charge in [-0.3, -0.25) is 0 Å². The first-order valence-corrected chi connectivity index (χ1v) is 4.10. The van der Waals surface area contributed by atoms with Crippen LogP contribution < -0.4 is 0 Å². The summed E-state index contributed by atoms with van der Waals surface area (Å²) in [4.78, 5) is 0. The van der Waals surface area contributed by atoms with E-state index in [0.717, 1.165) is 11.1 Å². The summed E-state index contributed by atoms with van der Waals surface area (Å²) >= 11 is 0. The van der Waals surface area contributed by atoms with E-state index in [-0.39, 0.29) is 5.92 Å². The standard InChI is InChI=1S/C11H18O/c1-6-10(9(4)5)11(12)7-8(2)3/h6-7,10-12H,1,4H2,2-3,5H3. The van der Waals surface area contributed by atoms with Gasteiger partial charge in [0.1, 0.15) is 0 Å². The molecule has 1 nitrogen and oxygen atoms in total. The first-order valence-electron chi connectivity index (χ1n) is 4.10. The van der Waals surface area contributed by atoms with E-state index in [1.165, 1.54) is 0 Å². The molecule has 1 N–H and O–H groups in total. The third kappa shape index (κ3) is 3.54. The van der Waals surface area contributed by atoms with Gasteiger partial charge >= 0.3 is 0 Å². The average Bonchev–Trinajstić information content (AvgIpc) is 1.85. The van der Waals surface area contributed by atoms with Crippen molar-refractivity contribution in [3.63, 3.8) is 0 Å². The molecule has 0 heterocycles. The quantitative estimate of drug-likeness (QED) is 0.637. The van der Waals surface area contributed by atoms with Gasteiger partial charge in [0.05, 0.1) is 6.10 Å². The molecule has 68 valence electrons. The summed E-state index contributed by atoms with van der Waals surface area (Å²) in [6, 6.07) is 0. The zero-order valence-corrected chi connectivity index (χ0v) is 8.17. The molecule has 0 aromatic rings. The summed E-state index contributed by atoms with van der Waals surface area (Å²) in [5.41, 5.74) is 2.05. The second kappa shape index (κ2) is 4.94. The van der Waals surface area contributed by atoms with Crippen LogP contribution in [0.15, 0.2) is 36.5 Å². The number of aliphatic hydroxyl groups is 1. The fourth-order valence-electron chi connectivity index (χ4n) is 1.08. The van der Waals surface area contributed by atoms with Crippen molar-refractivity contribution >= 4 is 0 Å². The molecule has 0 rings (SSSR count). The van der Waals surface area contributed by atoms with E-state index in [2.05, 4.69) is 13.2 Å². The Hall–Kier alpha value is -0.820. The van der Waals surface area contributed by atoms with Crippen molar-refractivity contribution in [3.05, 3.63) is 36.5 Å². The molecule has 2 unspecified atom stereocenters. The van der Waals surface area contributed by atoms with Gasteiger partial charge in [0.15, 0.2) is 0 Å². The molecule has 2 atom stereocenters. The molecule has 0 saturated heterocycles. The van der Waals surface area contributed by atoms with Crippen molar-refractivity contribution in [2.45, 2.75) is 26.9 Å². The van der Waals surface area contributed by atoms with Gasteiger partial charge in [-0.15, -0.1) is 6.58 Å². The SMILES string of the molecule is C=CC(C(=C)C)C(O)C=C(C)C. The van der Waals surface area contributed by atoms with E-state index >= 15 is 0 Å². The smallest absolute Gasteiger partial charge is 0.0822 e. The maximum atomic E-state index is 9.64. The van der Waals surface area contributed by atoms with Gasteiger partial charge in [0.25, 0.3) is 0 Å². The monoisotopic (exact) mass is 166 g/mol. The maximum Gasteiger partial charge on any atom is 0.0822 e. The largest absolute Gasteiger partial charge is 0.388 e. The normalized spacial score (nSPS) is 14.7. The van der Waals surface area contributed by atoms with E-state index < -0.39 is 6.10 Å². The van der Waals surface area contributed by atoms with E-state index in [0.29, 0.717) is 0 Å². The van der Waals surface area contributed by atoms with E-state index in [1.807, 2.05) is 26.8 Å². The molecule has 0 bridgehead atoms. The first kappa shape index (κ1) is 11.2. The lowest BCUT2D eigenvalue weighted by molar-refractivity contribution is 0.191. The molecule has 12 heavy (non-hydrogen) atoms. The minimum atomic E-state index is -0.481. The second-order valence-electron chi connectivity index (χ2n) is 3.34. The Labute approximate surface area is 75.1 Å². The highest BCUT2D eigenvalue weighted by molar-refractivity contribution is 5.13. The Morgan fingerprint density at radius 2 is 1.83 bits per heavy atom. The van der Waals surface area contributed by atoms with Crippen LogP contribution in [0.2, 0.25) is 0 Å². The Kier molecular flexibility index (Phi) is 4.60. The van der Waals surface area contributed by atoms with Gasteiger partial charge in [-0.2, -0.15) is 0 Å². The van der Waals surface area contributed by atoms with Crippen molar-refractivity contribution in [1.82, 2.24) is 0 Å². The van der Waals surface area contributed by atoms with Gasteiger partial charge in [-0.1, -0.05) is 29.9 Å². The molecule has 0 amide bonds. The van der Waals surface area contributed by atoms with Crippen LogP contribution in [-0.2, 0) is 0 Å². The fraction of sp³-hybridized carbons (Fsp3) is 0.455. The zero-order chi connectivity index (χ0) is 9.72. The average molecular weight is 166 g/mol. The highest BCUT2D eigenvalue weighted by atomic mass is 16.3. The Bertz CT molecular complexity index is 197. The van der Waals surface area contributed by atoms with Crippen LogP contribution in [0, 0.1) is 5.92 Å². The lowest BCUT2D eigenvalue weighted by Gasteiger charge is -2.16. The van der Waals surface area contributed by atoms with Crippen molar-refractivity contribution < 1.29 is 5.11 Å². The van der Waals surface area contributed by atoms with Crippen LogP contribution in [0.1, 0.15) is 20.8 Å². The van der Waals surface area contributed by atoms with E-state index in [9.17, 15) is 5.11 Å². The summed E-state index contributed by atoms with van der Waals surface area (Å²) in [6.07, 6.45) is 3.07. The number of aliphatic hydroxyl groups excluding tert-OH is 1. The van der Waals surface area contributed by atoms with Crippen LogP contribution in [0.5, 0.6) is 0 Å². The van der Waals surface area contributed by atoms with Gasteiger partial charge in [-0.25, -0.2) is 0 Å².